The molecule has 0 unspecified atom stereocenters. The number of methoxy groups -OCH3 is 1. The van der Waals surface area contributed by atoms with E-state index < -0.39 is 4.92 Å². The van der Waals surface area contributed by atoms with E-state index in [9.17, 15) is 15.2 Å². The second-order valence-electron chi connectivity index (χ2n) is 4.97. The number of benzene rings is 3. The molecule has 0 radical (unpaired) electrons. The van der Waals surface area contributed by atoms with Crippen molar-refractivity contribution in [1.29, 1.82) is 0 Å². The van der Waals surface area contributed by atoms with Crippen LogP contribution in [-0.2, 0) is 0 Å². The van der Waals surface area contributed by atoms with Crippen molar-refractivity contribution in [1.82, 2.24) is 0 Å². The predicted molar refractivity (Wildman–Crippen MR) is 89.4 cm³/mol. The molecule has 120 valence electrons. The summed E-state index contributed by atoms with van der Waals surface area (Å²) in [6.45, 7) is 0. The van der Waals surface area contributed by atoms with E-state index in [1.807, 2.05) is 24.3 Å². The van der Waals surface area contributed by atoms with Crippen molar-refractivity contribution >= 4 is 27.8 Å². The van der Waals surface area contributed by atoms with Gasteiger partial charge in [0.2, 0.25) is 0 Å². The maximum absolute atomic E-state index is 10.6. The zero-order valence-corrected chi connectivity index (χ0v) is 12.7. The number of nitro benzene ring substituents is 1. The number of hydrogen-bond donors (Lipinski definition) is 1. The summed E-state index contributed by atoms with van der Waals surface area (Å²) in [6.07, 6.45) is 0. The van der Waals surface area contributed by atoms with Crippen LogP contribution in [0.1, 0.15) is 0 Å². The van der Waals surface area contributed by atoms with Crippen molar-refractivity contribution in [3.8, 4) is 11.5 Å². The van der Waals surface area contributed by atoms with E-state index in [1.54, 1.807) is 0 Å². The molecule has 0 saturated carbocycles. The molecule has 0 spiro atoms. The number of aromatic hydroxyl groups is 1. The minimum atomic E-state index is -0.482. The number of nitrogens with zero attached hydrogens (tertiary/aromatic N) is 3. The fraction of sp³-hybridized carbons (Fsp3) is 0.0588. The first-order chi connectivity index (χ1) is 11.6. The van der Waals surface area contributed by atoms with Gasteiger partial charge in [-0.1, -0.05) is 24.3 Å². The minimum Gasteiger partial charge on any atom is -0.505 e. The van der Waals surface area contributed by atoms with Gasteiger partial charge in [-0.2, -0.15) is 5.11 Å². The summed E-state index contributed by atoms with van der Waals surface area (Å²) in [5, 5.41) is 30.5. The largest absolute Gasteiger partial charge is 0.505 e. The third-order valence-corrected chi connectivity index (χ3v) is 3.50. The second-order valence-corrected chi connectivity index (χ2v) is 4.97. The van der Waals surface area contributed by atoms with Gasteiger partial charge in [-0.3, -0.25) is 10.1 Å². The average Bonchev–Trinajstić information content (AvgIpc) is 2.60. The second kappa shape index (κ2) is 6.33. The molecule has 0 heterocycles. The molecule has 0 fully saturated rings. The fourth-order valence-corrected chi connectivity index (χ4v) is 2.34. The lowest BCUT2D eigenvalue weighted by molar-refractivity contribution is -0.384. The third-order valence-electron chi connectivity index (χ3n) is 3.50. The predicted octanol–water partition coefficient (Wildman–Crippen LogP) is 4.88. The van der Waals surface area contributed by atoms with Gasteiger partial charge in [0, 0.05) is 29.0 Å². The summed E-state index contributed by atoms with van der Waals surface area (Å²) in [6, 6.07) is 14.5. The van der Waals surface area contributed by atoms with Crippen LogP contribution in [0.15, 0.2) is 64.8 Å². The van der Waals surface area contributed by atoms with Crippen LogP contribution in [0.3, 0.4) is 0 Å². The zero-order chi connectivity index (χ0) is 17.1. The number of phenols is 1. The normalized spacial score (nSPS) is 11.0. The molecular formula is C17H13N3O4. The van der Waals surface area contributed by atoms with Gasteiger partial charge in [-0.05, 0) is 12.1 Å². The van der Waals surface area contributed by atoms with Crippen molar-refractivity contribution in [2.24, 2.45) is 10.2 Å². The molecule has 1 N–H and O–H groups in total. The number of non-ortho nitro benzene ring substituents is 1. The molecule has 0 aromatic heterocycles. The first-order valence-corrected chi connectivity index (χ1v) is 7.05. The van der Waals surface area contributed by atoms with Crippen LogP contribution in [-0.4, -0.2) is 17.1 Å². The lowest BCUT2D eigenvalue weighted by Crippen LogP contribution is -1.86. The molecule has 0 aliphatic heterocycles. The minimum absolute atomic E-state index is 0.0216. The number of hydrogen-bond acceptors (Lipinski definition) is 6. The number of phenolic OH excluding ortho intramolecular Hbond substituents is 1. The van der Waals surface area contributed by atoms with E-state index in [-0.39, 0.29) is 11.4 Å². The van der Waals surface area contributed by atoms with Gasteiger partial charge in [0.25, 0.3) is 5.69 Å². The lowest BCUT2D eigenvalue weighted by atomic mass is 10.1. The van der Waals surface area contributed by atoms with Crippen molar-refractivity contribution in [3.05, 3.63) is 64.7 Å². The first kappa shape index (κ1) is 15.4. The van der Waals surface area contributed by atoms with Crippen molar-refractivity contribution in [2.45, 2.75) is 0 Å². The van der Waals surface area contributed by atoms with E-state index >= 15 is 0 Å². The summed E-state index contributed by atoms with van der Waals surface area (Å²) >= 11 is 0. The Hall–Kier alpha value is -3.48. The van der Waals surface area contributed by atoms with Crippen molar-refractivity contribution in [3.63, 3.8) is 0 Å². The van der Waals surface area contributed by atoms with Gasteiger partial charge >= 0.3 is 0 Å². The monoisotopic (exact) mass is 323 g/mol. The Morgan fingerprint density at radius 3 is 2.33 bits per heavy atom. The summed E-state index contributed by atoms with van der Waals surface area (Å²) in [5.74, 6) is 0.480. The van der Waals surface area contributed by atoms with Crippen LogP contribution in [0, 0.1) is 10.1 Å². The van der Waals surface area contributed by atoms with Crippen LogP contribution in [0.2, 0.25) is 0 Å². The Kier molecular flexibility index (Phi) is 4.07. The molecule has 7 heteroatoms. The van der Waals surface area contributed by atoms with Crippen LogP contribution in [0.5, 0.6) is 11.5 Å². The first-order valence-electron chi connectivity index (χ1n) is 7.05. The van der Waals surface area contributed by atoms with Crippen LogP contribution in [0.25, 0.3) is 10.8 Å². The Balaban J connectivity index is 2.03. The fourth-order valence-electron chi connectivity index (χ4n) is 2.34. The molecule has 0 saturated heterocycles. The van der Waals surface area contributed by atoms with E-state index in [4.69, 9.17) is 4.74 Å². The summed E-state index contributed by atoms with van der Waals surface area (Å²) in [7, 11) is 1.53. The highest BCUT2D eigenvalue weighted by Gasteiger charge is 2.11. The van der Waals surface area contributed by atoms with Crippen LogP contribution in [0.4, 0.5) is 17.1 Å². The van der Waals surface area contributed by atoms with E-state index in [2.05, 4.69) is 10.2 Å². The van der Waals surface area contributed by atoms with Gasteiger partial charge < -0.3 is 9.84 Å². The maximum Gasteiger partial charge on any atom is 0.269 e. The molecule has 0 amide bonds. The Morgan fingerprint density at radius 2 is 1.71 bits per heavy atom. The quantitative estimate of drug-likeness (QED) is 0.420. The molecule has 3 aromatic rings. The molecule has 0 bridgehead atoms. The smallest absolute Gasteiger partial charge is 0.269 e. The molecule has 24 heavy (non-hydrogen) atoms. The highest BCUT2D eigenvalue weighted by Crippen LogP contribution is 2.41. The Bertz CT molecular complexity index is 936. The summed E-state index contributed by atoms with van der Waals surface area (Å²) in [5.41, 5.74) is 0.733. The van der Waals surface area contributed by atoms with Gasteiger partial charge in [-0.15, -0.1) is 5.11 Å². The average molecular weight is 323 g/mol. The Labute approximate surface area is 137 Å². The number of ether oxygens (including phenoxy) is 1. The highest BCUT2D eigenvalue weighted by molar-refractivity contribution is 5.99. The maximum atomic E-state index is 10.6. The number of fused-ring (bicyclic) bond motifs is 1. The summed E-state index contributed by atoms with van der Waals surface area (Å²) in [4.78, 5) is 10.2. The molecule has 3 aromatic carbocycles. The standard InChI is InChI=1S/C17H13N3O4/c1-24-16-10-15(21)17(14-5-3-2-4-13(14)16)19-18-11-6-8-12(9-7-11)20(22)23/h2-10,21H,1H3. The van der Waals surface area contributed by atoms with Crippen molar-refractivity contribution < 1.29 is 14.8 Å². The van der Waals surface area contributed by atoms with Gasteiger partial charge in [0.15, 0.2) is 0 Å². The number of azo groups is 1. The number of rotatable bonds is 4. The van der Waals surface area contributed by atoms with Crippen LogP contribution >= 0.6 is 0 Å². The SMILES string of the molecule is COc1cc(O)c(N=Nc2ccc([N+](=O)[O-])cc2)c2ccccc12. The van der Waals surface area contributed by atoms with Crippen LogP contribution < -0.4 is 4.74 Å². The molecule has 0 atom stereocenters. The lowest BCUT2D eigenvalue weighted by Gasteiger charge is -2.09. The highest BCUT2D eigenvalue weighted by atomic mass is 16.6. The Morgan fingerprint density at radius 1 is 1.04 bits per heavy atom. The molecule has 7 nitrogen and oxygen atoms in total. The molecule has 0 aliphatic rings. The molecule has 0 aliphatic carbocycles. The topological polar surface area (TPSA) is 97.3 Å². The third kappa shape index (κ3) is 2.87. The van der Waals surface area contributed by atoms with E-state index in [1.165, 1.54) is 37.4 Å². The van der Waals surface area contributed by atoms with Gasteiger partial charge in [0.1, 0.15) is 17.2 Å². The van der Waals surface area contributed by atoms with Gasteiger partial charge in [-0.25, -0.2) is 0 Å². The van der Waals surface area contributed by atoms with E-state index in [0.29, 0.717) is 22.5 Å². The number of nitro groups is 1. The molecule has 3 rings (SSSR count). The molecular weight excluding hydrogens is 310 g/mol. The zero-order valence-electron chi connectivity index (χ0n) is 12.7. The summed E-state index contributed by atoms with van der Waals surface area (Å²) < 4.78 is 5.27. The van der Waals surface area contributed by atoms with E-state index in [0.717, 1.165) is 5.39 Å². The van der Waals surface area contributed by atoms with Gasteiger partial charge in [0.05, 0.1) is 17.7 Å². The van der Waals surface area contributed by atoms with Crippen molar-refractivity contribution in [2.75, 3.05) is 7.11 Å².